The van der Waals surface area contributed by atoms with Crippen LogP contribution in [0.3, 0.4) is 0 Å². The molecule has 0 aromatic heterocycles. The summed E-state index contributed by atoms with van der Waals surface area (Å²) in [6.45, 7) is 16.2. The molecule has 0 spiro atoms. The molecule has 0 aliphatic heterocycles. The maximum absolute atomic E-state index is 12.8. The van der Waals surface area contributed by atoms with E-state index in [2.05, 4.69) is 34.6 Å². The summed E-state index contributed by atoms with van der Waals surface area (Å²) in [4.78, 5) is 25.1. The molecule has 0 saturated heterocycles. The number of carboxylic acids is 1. The number of aliphatic hydroxyl groups excluding tert-OH is 1. The van der Waals surface area contributed by atoms with Crippen LogP contribution >= 0.6 is 0 Å². The molecule has 0 aromatic carbocycles. The molecule has 4 saturated carbocycles. The maximum Gasteiger partial charge on any atom is 0.309 e. The van der Waals surface area contributed by atoms with Gasteiger partial charge in [-0.3, -0.25) is 9.59 Å². The van der Waals surface area contributed by atoms with E-state index in [9.17, 15) is 19.8 Å². The van der Waals surface area contributed by atoms with Crippen molar-refractivity contribution in [3.63, 3.8) is 0 Å². The van der Waals surface area contributed by atoms with Crippen LogP contribution in [-0.4, -0.2) is 22.0 Å². The quantitative estimate of drug-likeness (QED) is 0.421. The molecule has 4 nitrogen and oxygen atoms in total. The van der Waals surface area contributed by atoms with Crippen molar-refractivity contribution in [3.05, 3.63) is 11.3 Å². The van der Waals surface area contributed by atoms with Crippen LogP contribution in [0.2, 0.25) is 0 Å². The largest absolute Gasteiger partial charge is 0.504 e. The monoisotopic (exact) mass is 470 g/mol. The Kier molecular flexibility index (Phi) is 4.96. The lowest BCUT2D eigenvalue weighted by molar-refractivity contribution is -0.249. The van der Waals surface area contributed by atoms with Gasteiger partial charge in [0.1, 0.15) is 0 Å². The molecule has 4 fully saturated rings. The van der Waals surface area contributed by atoms with Gasteiger partial charge in [0.2, 0.25) is 0 Å². The highest BCUT2D eigenvalue weighted by Crippen LogP contribution is 2.78. The first-order valence-corrected chi connectivity index (χ1v) is 13.7. The number of fused-ring (bicyclic) bond motifs is 7. The summed E-state index contributed by atoms with van der Waals surface area (Å²) >= 11 is 0. The Bertz CT molecular complexity index is 982. The van der Waals surface area contributed by atoms with Gasteiger partial charge in [-0.05, 0) is 122 Å². The number of hydrogen-bond acceptors (Lipinski definition) is 3. The average Bonchev–Trinajstić information content (AvgIpc) is 2.77. The summed E-state index contributed by atoms with van der Waals surface area (Å²) < 4.78 is 0. The van der Waals surface area contributed by atoms with E-state index in [1.54, 1.807) is 0 Å². The Hall–Kier alpha value is -1.32. The van der Waals surface area contributed by atoms with Gasteiger partial charge in [0.25, 0.3) is 0 Å². The third kappa shape index (κ3) is 2.72. The zero-order valence-corrected chi connectivity index (χ0v) is 22.5. The number of allylic oxidation sites excluding steroid dienone is 2. The van der Waals surface area contributed by atoms with E-state index < -0.39 is 11.4 Å². The molecule has 0 unspecified atom stereocenters. The van der Waals surface area contributed by atoms with Crippen LogP contribution in [0.25, 0.3) is 0 Å². The second-order valence-electron chi connectivity index (χ2n) is 14.8. The Morgan fingerprint density at radius 3 is 2.06 bits per heavy atom. The maximum atomic E-state index is 12.8. The summed E-state index contributed by atoms with van der Waals surface area (Å²) in [5.74, 6) is 0.553. The third-order valence-electron chi connectivity index (χ3n) is 13.7. The third-order valence-corrected chi connectivity index (χ3v) is 13.7. The van der Waals surface area contributed by atoms with Crippen molar-refractivity contribution in [1.29, 1.82) is 0 Å². The molecule has 0 radical (unpaired) electrons. The lowest BCUT2D eigenvalue weighted by atomic mass is 9.30. The van der Waals surface area contributed by atoms with Gasteiger partial charge in [0.15, 0.2) is 11.5 Å². The number of Topliss-reactive ketones (excluding diaryl/α,β-unsaturated/α-hetero) is 1. The molecule has 34 heavy (non-hydrogen) atoms. The second-order valence-corrected chi connectivity index (χ2v) is 14.8. The van der Waals surface area contributed by atoms with Crippen molar-refractivity contribution < 1.29 is 19.8 Å². The lowest BCUT2D eigenvalue weighted by Gasteiger charge is -2.74. The van der Waals surface area contributed by atoms with Crippen molar-refractivity contribution >= 4 is 11.8 Å². The van der Waals surface area contributed by atoms with E-state index in [1.165, 1.54) is 12.8 Å². The summed E-state index contributed by atoms with van der Waals surface area (Å²) in [5, 5.41) is 20.7. The molecule has 190 valence electrons. The van der Waals surface area contributed by atoms with E-state index in [1.807, 2.05) is 13.8 Å². The predicted octanol–water partition coefficient (Wildman–Crippen LogP) is 7.33. The van der Waals surface area contributed by atoms with Gasteiger partial charge >= 0.3 is 5.97 Å². The van der Waals surface area contributed by atoms with Gasteiger partial charge in [0, 0.05) is 6.42 Å². The van der Waals surface area contributed by atoms with Crippen molar-refractivity contribution in [3.8, 4) is 0 Å². The second kappa shape index (κ2) is 6.91. The predicted molar refractivity (Wildman–Crippen MR) is 133 cm³/mol. The first kappa shape index (κ1) is 24.4. The van der Waals surface area contributed by atoms with Gasteiger partial charge in [-0.1, -0.05) is 34.6 Å². The summed E-state index contributed by atoms with van der Waals surface area (Å²) in [5.41, 5.74) is 0.732. The lowest BCUT2D eigenvalue weighted by Crippen LogP contribution is -2.67. The molecule has 4 heteroatoms. The summed E-state index contributed by atoms with van der Waals surface area (Å²) in [6, 6.07) is 0. The zero-order chi connectivity index (χ0) is 25.1. The fourth-order valence-corrected chi connectivity index (χ4v) is 10.8. The molecule has 0 bridgehead atoms. The van der Waals surface area contributed by atoms with E-state index in [-0.39, 0.29) is 44.5 Å². The van der Waals surface area contributed by atoms with Crippen molar-refractivity contribution in [2.24, 2.45) is 50.2 Å². The van der Waals surface area contributed by atoms with Gasteiger partial charge in [-0.2, -0.15) is 0 Å². The summed E-state index contributed by atoms with van der Waals surface area (Å²) in [6.07, 6.45) is 9.85. The molecule has 0 amide bonds. The molecular weight excluding hydrogens is 424 g/mol. The van der Waals surface area contributed by atoms with Gasteiger partial charge in [0.05, 0.1) is 5.41 Å². The number of rotatable bonds is 1. The minimum absolute atomic E-state index is 0.0243. The fraction of sp³-hybridized carbons (Fsp3) is 0.867. The van der Waals surface area contributed by atoms with Crippen LogP contribution in [0.15, 0.2) is 11.3 Å². The first-order valence-electron chi connectivity index (χ1n) is 13.7. The minimum atomic E-state index is -0.623. The Labute approximate surface area is 206 Å². The van der Waals surface area contributed by atoms with Crippen LogP contribution < -0.4 is 0 Å². The normalized spacial score (nSPS) is 55.0. The Morgan fingerprint density at radius 2 is 1.41 bits per heavy atom. The van der Waals surface area contributed by atoms with Crippen LogP contribution in [-0.2, 0) is 9.59 Å². The van der Waals surface area contributed by atoms with Gasteiger partial charge in [-0.25, -0.2) is 0 Å². The van der Waals surface area contributed by atoms with Crippen LogP contribution in [0.1, 0.15) is 113 Å². The topological polar surface area (TPSA) is 74.6 Å². The highest BCUT2D eigenvalue weighted by atomic mass is 16.4. The fourth-order valence-electron chi connectivity index (χ4n) is 10.8. The number of carbonyl (C=O) groups excluding carboxylic acids is 1. The Morgan fingerprint density at radius 1 is 0.824 bits per heavy atom. The Balaban J connectivity index is 1.57. The number of aliphatic carboxylic acids is 1. The van der Waals surface area contributed by atoms with Crippen LogP contribution in [0, 0.1) is 50.2 Å². The first-order chi connectivity index (χ1) is 15.6. The van der Waals surface area contributed by atoms with E-state index >= 15 is 0 Å². The molecular formula is C30H46O4. The van der Waals surface area contributed by atoms with Crippen molar-refractivity contribution in [2.75, 3.05) is 0 Å². The highest BCUT2D eigenvalue weighted by Gasteiger charge is 2.71. The molecule has 0 aromatic rings. The van der Waals surface area contributed by atoms with E-state index in [0.29, 0.717) is 18.3 Å². The molecule has 5 rings (SSSR count). The minimum Gasteiger partial charge on any atom is -0.504 e. The number of ketones is 1. The van der Waals surface area contributed by atoms with Gasteiger partial charge in [-0.15, -0.1) is 0 Å². The SMILES string of the molecule is CC1=C(O)C(=O)C[C@@H]2[C@]3(C)CC[C@@]4(C)[C@H]5C[C@](C)(C(=O)O)CC[C@]5(C)CC[C@]4(C)[C@@H]3CC[C@]12C. The van der Waals surface area contributed by atoms with E-state index in [4.69, 9.17) is 0 Å². The number of hydrogen-bond donors (Lipinski definition) is 2. The number of carboxylic acid groups (broad SMARTS) is 1. The van der Waals surface area contributed by atoms with Gasteiger partial charge < -0.3 is 10.2 Å². The van der Waals surface area contributed by atoms with Crippen molar-refractivity contribution in [1.82, 2.24) is 0 Å². The molecule has 2 N–H and O–H groups in total. The smallest absolute Gasteiger partial charge is 0.309 e. The average molecular weight is 471 g/mol. The highest BCUT2D eigenvalue weighted by molar-refractivity contribution is 5.95. The summed E-state index contributed by atoms with van der Waals surface area (Å²) in [7, 11) is 0. The molecule has 0 heterocycles. The van der Waals surface area contributed by atoms with Crippen LogP contribution in [0.4, 0.5) is 0 Å². The van der Waals surface area contributed by atoms with Crippen LogP contribution in [0.5, 0.6) is 0 Å². The van der Waals surface area contributed by atoms with E-state index in [0.717, 1.165) is 50.5 Å². The zero-order valence-electron chi connectivity index (χ0n) is 22.5. The standard InChI is InChI=1S/C30H46O4/c1-18-23(32)19(31)16-21-27(18,4)9-8-20-28(21,5)13-15-30(7)22-17-26(3,24(33)34)11-10-25(22,2)12-14-29(20,30)6/h20-22,32H,8-17H2,1-7H3,(H,33,34)/t20-,21+,22+,25-,26-,27-,28-,29-,30+/m1/s1. The molecule has 5 aliphatic rings. The number of carbonyl (C=O) groups is 2. The van der Waals surface area contributed by atoms with Crippen molar-refractivity contribution in [2.45, 2.75) is 113 Å². The number of aliphatic hydroxyl groups is 1. The molecule has 5 aliphatic carbocycles. The molecule has 9 atom stereocenters.